The lowest BCUT2D eigenvalue weighted by molar-refractivity contribution is 0.436. The largest absolute Gasteiger partial charge is 0.356 e. The summed E-state index contributed by atoms with van der Waals surface area (Å²) in [6.45, 7) is 6.17. The summed E-state index contributed by atoms with van der Waals surface area (Å²) < 4.78 is 0. The third kappa shape index (κ3) is 2.30. The van der Waals surface area contributed by atoms with Gasteiger partial charge in [-0.05, 0) is 25.7 Å². The molecule has 1 saturated heterocycles. The van der Waals surface area contributed by atoms with Crippen molar-refractivity contribution < 1.29 is 0 Å². The minimum atomic E-state index is 0.459. The molecule has 0 unspecified atom stereocenters. The predicted octanol–water partition coefficient (Wildman–Crippen LogP) is 1.89. The minimum absolute atomic E-state index is 0.459. The average Bonchev–Trinajstić information content (AvgIpc) is 2.29. The van der Waals surface area contributed by atoms with Crippen LogP contribution in [0.3, 0.4) is 0 Å². The maximum Gasteiger partial charge on any atom is 0.146 e. The minimum Gasteiger partial charge on any atom is -0.356 e. The van der Waals surface area contributed by atoms with Crippen molar-refractivity contribution in [2.24, 2.45) is 5.92 Å². The number of anilines is 1. The van der Waals surface area contributed by atoms with E-state index in [4.69, 9.17) is 5.26 Å². The molecule has 0 aliphatic carbocycles. The van der Waals surface area contributed by atoms with Gasteiger partial charge in [-0.1, -0.05) is 6.92 Å². The van der Waals surface area contributed by atoms with Crippen molar-refractivity contribution in [3.63, 3.8) is 0 Å². The number of hydrogen-bond acceptors (Lipinski definition) is 4. The van der Waals surface area contributed by atoms with Gasteiger partial charge in [-0.15, -0.1) is 0 Å². The Hall–Kier alpha value is -1.63. The summed E-state index contributed by atoms with van der Waals surface area (Å²) >= 11 is 0. The van der Waals surface area contributed by atoms with Crippen molar-refractivity contribution in [1.82, 2.24) is 9.97 Å². The number of nitrogens with zero attached hydrogens (tertiary/aromatic N) is 4. The first-order chi connectivity index (χ1) is 7.69. The van der Waals surface area contributed by atoms with Crippen molar-refractivity contribution in [3.05, 3.63) is 17.6 Å². The Kier molecular flexibility index (Phi) is 3.04. The summed E-state index contributed by atoms with van der Waals surface area (Å²) in [5.74, 6) is 2.37. The molecular weight excluding hydrogens is 200 g/mol. The van der Waals surface area contributed by atoms with E-state index in [-0.39, 0.29) is 0 Å². The summed E-state index contributed by atoms with van der Waals surface area (Å²) in [6.07, 6.45) is 2.40. The Morgan fingerprint density at radius 3 is 2.69 bits per heavy atom. The number of aromatic nitrogens is 2. The van der Waals surface area contributed by atoms with Crippen LogP contribution in [0.2, 0.25) is 0 Å². The molecule has 0 amide bonds. The number of hydrogen-bond donors (Lipinski definition) is 0. The number of rotatable bonds is 1. The Morgan fingerprint density at radius 1 is 1.38 bits per heavy atom. The van der Waals surface area contributed by atoms with E-state index in [9.17, 15) is 0 Å². The highest BCUT2D eigenvalue weighted by Gasteiger charge is 2.17. The summed E-state index contributed by atoms with van der Waals surface area (Å²) in [4.78, 5) is 10.7. The number of nitriles is 1. The highest BCUT2D eigenvalue weighted by molar-refractivity contribution is 5.43. The third-order valence-corrected chi connectivity index (χ3v) is 3.05. The van der Waals surface area contributed by atoms with Gasteiger partial charge in [0.05, 0.1) is 0 Å². The molecule has 2 rings (SSSR count). The zero-order valence-corrected chi connectivity index (χ0v) is 9.77. The second-order valence-electron chi connectivity index (χ2n) is 4.44. The first-order valence-electron chi connectivity index (χ1n) is 5.70. The van der Waals surface area contributed by atoms with Crippen molar-refractivity contribution >= 4 is 5.82 Å². The van der Waals surface area contributed by atoms with Crippen molar-refractivity contribution in [2.45, 2.75) is 26.7 Å². The van der Waals surface area contributed by atoms with E-state index in [1.165, 1.54) is 12.8 Å². The smallest absolute Gasteiger partial charge is 0.146 e. The average molecular weight is 216 g/mol. The van der Waals surface area contributed by atoms with E-state index in [1.807, 2.05) is 6.92 Å². The van der Waals surface area contributed by atoms with Crippen LogP contribution in [0.1, 0.15) is 31.3 Å². The molecule has 1 aliphatic heterocycles. The molecule has 1 aliphatic rings. The molecule has 84 valence electrons. The summed E-state index contributed by atoms with van der Waals surface area (Å²) in [6, 6.07) is 3.86. The molecule has 0 spiro atoms. The van der Waals surface area contributed by atoms with Gasteiger partial charge in [0.15, 0.2) is 0 Å². The van der Waals surface area contributed by atoms with Gasteiger partial charge in [0.2, 0.25) is 0 Å². The van der Waals surface area contributed by atoms with Crippen LogP contribution in [-0.2, 0) is 0 Å². The van der Waals surface area contributed by atoms with Gasteiger partial charge in [0.25, 0.3) is 0 Å². The van der Waals surface area contributed by atoms with Crippen LogP contribution >= 0.6 is 0 Å². The topological polar surface area (TPSA) is 52.8 Å². The Bertz CT molecular complexity index is 414. The van der Waals surface area contributed by atoms with Gasteiger partial charge in [-0.3, -0.25) is 0 Å². The summed E-state index contributed by atoms with van der Waals surface area (Å²) in [5.41, 5.74) is 0.459. The standard InChI is InChI=1S/C12H16N4/c1-9-3-5-16(6-4-9)12-7-11(8-13)14-10(2)15-12/h7,9H,3-6H2,1-2H3. The normalized spacial score (nSPS) is 17.2. The second-order valence-corrected chi connectivity index (χ2v) is 4.44. The lowest BCUT2D eigenvalue weighted by atomic mass is 9.99. The van der Waals surface area contributed by atoms with E-state index in [2.05, 4.69) is 27.9 Å². The zero-order chi connectivity index (χ0) is 11.5. The van der Waals surface area contributed by atoms with Crippen LogP contribution in [0.15, 0.2) is 6.07 Å². The molecule has 0 saturated carbocycles. The summed E-state index contributed by atoms with van der Waals surface area (Å²) in [5, 5.41) is 8.87. The molecule has 0 N–H and O–H groups in total. The lowest BCUT2D eigenvalue weighted by Crippen LogP contribution is -2.33. The van der Waals surface area contributed by atoms with Crippen LogP contribution in [0, 0.1) is 24.2 Å². The molecular formula is C12H16N4. The van der Waals surface area contributed by atoms with Crippen molar-refractivity contribution in [2.75, 3.05) is 18.0 Å². The van der Waals surface area contributed by atoms with Gasteiger partial charge >= 0.3 is 0 Å². The van der Waals surface area contributed by atoms with E-state index in [0.717, 1.165) is 24.8 Å². The fraction of sp³-hybridized carbons (Fsp3) is 0.583. The second kappa shape index (κ2) is 4.48. The van der Waals surface area contributed by atoms with Gasteiger partial charge in [0, 0.05) is 19.2 Å². The van der Waals surface area contributed by atoms with Crippen LogP contribution in [0.4, 0.5) is 5.82 Å². The maximum atomic E-state index is 8.87. The predicted molar refractivity (Wildman–Crippen MR) is 62.1 cm³/mol. The monoisotopic (exact) mass is 216 g/mol. The molecule has 0 atom stereocenters. The first kappa shape index (κ1) is 10.9. The SMILES string of the molecule is Cc1nc(C#N)cc(N2CCC(C)CC2)n1. The molecule has 2 heterocycles. The van der Waals surface area contributed by atoms with Gasteiger partial charge < -0.3 is 4.90 Å². The van der Waals surface area contributed by atoms with E-state index < -0.39 is 0 Å². The molecule has 4 nitrogen and oxygen atoms in total. The fourth-order valence-electron chi connectivity index (χ4n) is 2.01. The van der Waals surface area contributed by atoms with Crippen LogP contribution in [0.25, 0.3) is 0 Å². The highest BCUT2D eigenvalue weighted by Crippen LogP contribution is 2.21. The summed E-state index contributed by atoms with van der Waals surface area (Å²) in [7, 11) is 0. The Balaban J connectivity index is 2.20. The van der Waals surface area contributed by atoms with Crippen LogP contribution < -0.4 is 4.90 Å². The maximum absolute atomic E-state index is 8.87. The molecule has 1 aromatic heterocycles. The number of aryl methyl sites for hydroxylation is 1. The quantitative estimate of drug-likeness (QED) is 0.719. The van der Waals surface area contributed by atoms with E-state index in [0.29, 0.717) is 11.5 Å². The molecule has 1 aromatic rings. The molecule has 0 aromatic carbocycles. The highest BCUT2D eigenvalue weighted by atomic mass is 15.2. The Labute approximate surface area is 95.9 Å². The van der Waals surface area contributed by atoms with Crippen molar-refractivity contribution in [1.29, 1.82) is 5.26 Å². The van der Waals surface area contributed by atoms with Crippen LogP contribution in [0.5, 0.6) is 0 Å². The third-order valence-electron chi connectivity index (χ3n) is 3.05. The lowest BCUT2D eigenvalue weighted by Gasteiger charge is -2.31. The number of piperidine rings is 1. The van der Waals surface area contributed by atoms with E-state index >= 15 is 0 Å². The molecule has 4 heteroatoms. The van der Waals surface area contributed by atoms with Gasteiger partial charge in [-0.25, -0.2) is 9.97 Å². The van der Waals surface area contributed by atoms with Crippen molar-refractivity contribution in [3.8, 4) is 6.07 Å². The molecule has 0 radical (unpaired) electrons. The molecule has 16 heavy (non-hydrogen) atoms. The molecule has 1 fully saturated rings. The fourth-order valence-corrected chi connectivity index (χ4v) is 2.01. The van der Waals surface area contributed by atoms with Gasteiger partial charge in [0.1, 0.15) is 23.4 Å². The Morgan fingerprint density at radius 2 is 2.06 bits per heavy atom. The first-order valence-corrected chi connectivity index (χ1v) is 5.70. The molecule has 0 bridgehead atoms. The van der Waals surface area contributed by atoms with Crippen LogP contribution in [-0.4, -0.2) is 23.1 Å². The zero-order valence-electron chi connectivity index (χ0n) is 9.77. The van der Waals surface area contributed by atoms with E-state index in [1.54, 1.807) is 6.07 Å². The van der Waals surface area contributed by atoms with Gasteiger partial charge in [-0.2, -0.15) is 5.26 Å².